The minimum atomic E-state index is 0.310. The van der Waals surface area contributed by atoms with Crippen molar-refractivity contribution in [2.75, 3.05) is 39.3 Å². The van der Waals surface area contributed by atoms with Crippen molar-refractivity contribution in [1.82, 2.24) is 10.2 Å². The van der Waals surface area contributed by atoms with E-state index in [0.717, 1.165) is 39.1 Å². The van der Waals surface area contributed by atoms with Crippen molar-refractivity contribution in [3.8, 4) is 0 Å². The van der Waals surface area contributed by atoms with E-state index < -0.39 is 0 Å². The molecule has 0 aliphatic carbocycles. The lowest BCUT2D eigenvalue weighted by Gasteiger charge is -2.28. The number of hydrogen-bond donors (Lipinski definition) is 2. The zero-order valence-electron chi connectivity index (χ0n) is 8.84. The number of nitrogens with one attached hydrogen (secondary N) is 1. The summed E-state index contributed by atoms with van der Waals surface area (Å²) in [5.74, 6) is 0. The number of hydrogen-bond acceptors (Lipinski definition) is 3. The summed E-state index contributed by atoms with van der Waals surface area (Å²) in [6.45, 7) is 10.3. The average molecular weight is 186 g/mol. The summed E-state index contributed by atoms with van der Waals surface area (Å²) in [6, 6.07) is 0. The van der Waals surface area contributed by atoms with E-state index in [1.54, 1.807) is 0 Å². The van der Waals surface area contributed by atoms with Gasteiger partial charge in [0.25, 0.3) is 0 Å². The molecular weight excluding hydrogens is 164 g/mol. The third-order valence-electron chi connectivity index (χ3n) is 2.49. The van der Waals surface area contributed by atoms with Crippen LogP contribution in [-0.4, -0.2) is 49.3 Å². The van der Waals surface area contributed by atoms with Gasteiger partial charge < -0.3 is 15.3 Å². The molecule has 3 heteroatoms. The molecular formula is C10H22N2O. The molecule has 0 aromatic rings. The van der Waals surface area contributed by atoms with E-state index in [2.05, 4.69) is 24.1 Å². The molecule has 0 radical (unpaired) electrons. The van der Waals surface area contributed by atoms with Crippen molar-refractivity contribution in [2.24, 2.45) is 5.41 Å². The van der Waals surface area contributed by atoms with Crippen molar-refractivity contribution < 1.29 is 5.11 Å². The van der Waals surface area contributed by atoms with Crippen LogP contribution < -0.4 is 5.32 Å². The SMILES string of the molecule is CC1(C)CNCCN(CCCO)C1. The van der Waals surface area contributed by atoms with Crippen LogP contribution in [0, 0.1) is 5.41 Å². The minimum Gasteiger partial charge on any atom is -0.396 e. The molecule has 0 amide bonds. The van der Waals surface area contributed by atoms with Gasteiger partial charge in [-0.2, -0.15) is 0 Å². The molecule has 78 valence electrons. The maximum atomic E-state index is 8.76. The van der Waals surface area contributed by atoms with E-state index in [1.165, 1.54) is 0 Å². The van der Waals surface area contributed by atoms with E-state index in [9.17, 15) is 0 Å². The summed E-state index contributed by atoms with van der Waals surface area (Å²) >= 11 is 0. The van der Waals surface area contributed by atoms with Crippen molar-refractivity contribution in [3.05, 3.63) is 0 Å². The molecule has 0 aromatic heterocycles. The Kier molecular flexibility index (Phi) is 4.16. The number of rotatable bonds is 3. The maximum Gasteiger partial charge on any atom is 0.0443 e. The fraction of sp³-hybridized carbons (Fsp3) is 1.00. The van der Waals surface area contributed by atoms with E-state index in [-0.39, 0.29) is 0 Å². The lowest BCUT2D eigenvalue weighted by Crippen LogP contribution is -2.35. The van der Waals surface area contributed by atoms with Gasteiger partial charge in [-0.15, -0.1) is 0 Å². The van der Waals surface area contributed by atoms with Gasteiger partial charge in [-0.05, 0) is 11.8 Å². The van der Waals surface area contributed by atoms with Gasteiger partial charge in [0.15, 0.2) is 0 Å². The van der Waals surface area contributed by atoms with Crippen molar-refractivity contribution in [3.63, 3.8) is 0 Å². The van der Waals surface area contributed by atoms with Gasteiger partial charge in [-0.1, -0.05) is 13.8 Å². The molecule has 1 fully saturated rings. The van der Waals surface area contributed by atoms with Gasteiger partial charge >= 0.3 is 0 Å². The van der Waals surface area contributed by atoms with Crippen LogP contribution in [0.15, 0.2) is 0 Å². The summed E-state index contributed by atoms with van der Waals surface area (Å²) < 4.78 is 0. The van der Waals surface area contributed by atoms with Gasteiger partial charge in [-0.25, -0.2) is 0 Å². The highest BCUT2D eigenvalue weighted by atomic mass is 16.3. The molecule has 1 rings (SSSR count). The Hall–Kier alpha value is -0.120. The fourth-order valence-electron chi connectivity index (χ4n) is 1.89. The Bertz CT molecular complexity index is 148. The maximum absolute atomic E-state index is 8.76. The van der Waals surface area contributed by atoms with Crippen LogP contribution in [0.5, 0.6) is 0 Å². The first-order chi connectivity index (χ1) is 6.14. The third-order valence-corrected chi connectivity index (χ3v) is 2.49. The van der Waals surface area contributed by atoms with Crippen LogP contribution in [-0.2, 0) is 0 Å². The Morgan fingerprint density at radius 2 is 2.23 bits per heavy atom. The Balaban J connectivity index is 2.36. The van der Waals surface area contributed by atoms with Crippen LogP contribution >= 0.6 is 0 Å². The third kappa shape index (κ3) is 4.07. The van der Waals surface area contributed by atoms with Crippen LogP contribution in [0.3, 0.4) is 0 Å². The molecule has 13 heavy (non-hydrogen) atoms. The van der Waals surface area contributed by atoms with Gasteiger partial charge in [0.05, 0.1) is 0 Å². The highest BCUT2D eigenvalue weighted by molar-refractivity contribution is 4.80. The van der Waals surface area contributed by atoms with Crippen molar-refractivity contribution in [2.45, 2.75) is 20.3 Å². The highest BCUT2D eigenvalue weighted by Gasteiger charge is 2.23. The standard InChI is InChI=1S/C10H22N2O/c1-10(2)8-11-4-6-12(9-10)5-3-7-13/h11,13H,3-9H2,1-2H3. The molecule has 0 unspecified atom stereocenters. The summed E-state index contributed by atoms with van der Waals surface area (Å²) in [6.07, 6.45) is 0.899. The van der Waals surface area contributed by atoms with Crippen LogP contribution in [0.1, 0.15) is 20.3 Å². The second-order valence-electron chi connectivity index (χ2n) is 4.69. The second-order valence-corrected chi connectivity index (χ2v) is 4.69. The largest absolute Gasteiger partial charge is 0.396 e. The molecule has 1 aliphatic rings. The van der Waals surface area contributed by atoms with Crippen LogP contribution in [0.4, 0.5) is 0 Å². The van der Waals surface area contributed by atoms with E-state index >= 15 is 0 Å². The molecule has 0 spiro atoms. The smallest absolute Gasteiger partial charge is 0.0443 e. The second kappa shape index (κ2) is 4.94. The summed E-state index contributed by atoms with van der Waals surface area (Å²) in [4.78, 5) is 2.44. The number of nitrogens with zero attached hydrogens (tertiary/aromatic N) is 1. The molecule has 1 heterocycles. The van der Waals surface area contributed by atoms with Gasteiger partial charge in [0.1, 0.15) is 0 Å². The number of aliphatic hydroxyl groups excluding tert-OH is 1. The zero-order chi connectivity index (χ0) is 9.73. The fourth-order valence-corrected chi connectivity index (χ4v) is 1.89. The minimum absolute atomic E-state index is 0.310. The van der Waals surface area contributed by atoms with Gasteiger partial charge in [0, 0.05) is 39.3 Å². The van der Waals surface area contributed by atoms with Crippen LogP contribution in [0.25, 0.3) is 0 Å². The monoisotopic (exact) mass is 186 g/mol. The lowest BCUT2D eigenvalue weighted by molar-refractivity contribution is 0.185. The predicted molar refractivity (Wildman–Crippen MR) is 54.8 cm³/mol. The quantitative estimate of drug-likeness (QED) is 0.665. The normalized spacial score (nSPS) is 24.2. The van der Waals surface area contributed by atoms with Crippen molar-refractivity contribution in [1.29, 1.82) is 0 Å². The topological polar surface area (TPSA) is 35.5 Å². The Labute approximate surface area is 81.1 Å². The Morgan fingerprint density at radius 3 is 2.92 bits per heavy atom. The first-order valence-corrected chi connectivity index (χ1v) is 5.18. The Morgan fingerprint density at radius 1 is 1.46 bits per heavy atom. The van der Waals surface area contributed by atoms with Crippen molar-refractivity contribution >= 4 is 0 Å². The molecule has 0 saturated carbocycles. The average Bonchev–Trinajstić information content (AvgIpc) is 2.22. The lowest BCUT2D eigenvalue weighted by atomic mass is 9.93. The van der Waals surface area contributed by atoms with Gasteiger partial charge in [0.2, 0.25) is 0 Å². The predicted octanol–water partition coefficient (Wildman–Crippen LogP) is 0.300. The van der Waals surface area contributed by atoms with E-state index in [0.29, 0.717) is 12.0 Å². The first-order valence-electron chi connectivity index (χ1n) is 5.18. The first kappa shape index (κ1) is 11.0. The molecule has 0 atom stereocenters. The molecule has 2 N–H and O–H groups in total. The van der Waals surface area contributed by atoms with E-state index in [1.807, 2.05) is 0 Å². The summed E-state index contributed by atoms with van der Waals surface area (Å²) in [7, 11) is 0. The summed E-state index contributed by atoms with van der Waals surface area (Å²) in [5.41, 5.74) is 0.367. The van der Waals surface area contributed by atoms with E-state index in [4.69, 9.17) is 5.11 Å². The molecule has 1 aliphatic heterocycles. The zero-order valence-corrected chi connectivity index (χ0v) is 8.84. The molecule has 0 aromatic carbocycles. The molecule has 3 nitrogen and oxygen atoms in total. The van der Waals surface area contributed by atoms with Crippen LogP contribution in [0.2, 0.25) is 0 Å². The summed E-state index contributed by atoms with van der Waals surface area (Å²) in [5, 5.41) is 12.2. The number of aliphatic hydroxyl groups is 1. The van der Waals surface area contributed by atoms with Gasteiger partial charge in [-0.3, -0.25) is 0 Å². The molecule has 1 saturated heterocycles. The molecule has 0 bridgehead atoms. The highest BCUT2D eigenvalue weighted by Crippen LogP contribution is 2.17.